The first-order valence-electron chi connectivity index (χ1n) is 7.78. The van der Waals surface area contributed by atoms with Crippen LogP contribution in [0, 0.1) is 0 Å². The van der Waals surface area contributed by atoms with Crippen molar-refractivity contribution in [2.75, 3.05) is 13.1 Å². The van der Waals surface area contributed by atoms with Crippen molar-refractivity contribution >= 4 is 11.6 Å². The lowest BCUT2D eigenvalue weighted by atomic mass is 9.94. The van der Waals surface area contributed by atoms with Gasteiger partial charge in [0.05, 0.1) is 5.69 Å². The van der Waals surface area contributed by atoms with E-state index in [1.807, 2.05) is 12.1 Å². The average Bonchev–Trinajstić information content (AvgIpc) is 2.93. The van der Waals surface area contributed by atoms with Gasteiger partial charge in [0.1, 0.15) is 0 Å². The molecule has 3 rings (SSSR count). The average molecular weight is 304 g/mol. The molecule has 3 nitrogen and oxygen atoms in total. The molecule has 0 amide bonds. The molecule has 21 heavy (non-hydrogen) atoms. The van der Waals surface area contributed by atoms with Crippen LogP contribution in [-0.2, 0) is 13.0 Å². The molecule has 1 aliphatic heterocycles. The summed E-state index contributed by atoms with van der Waals surface area (Å²) in [4.78, 5) is 0. The number of aromatic nitrogens is 2. The second kappa shape index (κ2) is 6.63. The number of aryl methyl sites for hydroxylation is 1. The van der Waals surface area contributed by atoms with E-state index in [1.165, 1.54) is 24.1 Å². The van der Waals surface area contributed by atoms with Gasteiger partial charge in [0, 0.05) is 29.6 Å². The van der Waals surface area contributed by atoms with E-state index in [0.717, 1.165) is 36.8 Å². The summed E-state index contributed by atoms with van der Waals surface area (Å²) in [6, 6.07) is 10.4. The number of nitrogens with one attached hydrogen (secondary N) is 1. The number of halogens is 1. The van der Waals surface area contributed by atoms with Crippen molar-refractivity contribution in [1.29, 1.82) is 0 Å². The summed E-state index contributed by atoms with van der Waals surface area (Å²) in [7, 11) is 0. The summed E-state index contributed by atoms with van der Waals surface area (Å²) in [6.07, 6.45) is 3.31. The molecule has 1 aromatic carbocycles. The Kier molecular flexibility index (Phi) is 4.61. The Hall–Kier alpha value is -1.32. The molecule has 0 unspecified atom stereocenters. The van der Waals surface area contributed by atoms with Crippen LogP contribution in [0.1, 0.15) is 42.6 Å². The van der Waals surface area contributed by atoms with Gasteiger partial charge in [-0.1, -0.05) is 23.7 Å². The van der Waals surface area contributed by atoms with Crippen LogP contribution < -0.4 is 5.32 Å². The van der Waals surface area contributed by atoms with E-state index >= 15 is 0 Å². The van der Waals surface area contributed by atoms with E-state index in [4.69, 9.17) is 16.7 Å². The summed E-state index contributed by atoms with van der Waals surface area (Å²) in [5.41, 5.74) is 3.83. The van der Waals surface area contributed by atoms with Gasteiger partial charge in [-0.2, -0.15) is 5.10 Å². The number of benzene rings is 1. The lowest BCUT2D eigenvalue weighted by Crippen LogP contribution is -2.27. The van der Waals surface area contributed by atoms with Crippen molar-refractivity contribution in [1.82, 2.24) is 15.1 Å². The quantitative estimate of drug-likeness (QED) is 0.935. The van der Waals surface area contributed by atoms with Crippen LogP contribution in [-0.4, -0.2) is 22.9 Å². The maximum Gasteiger partial charge on any atom is 0.0671 e. The van der Waals surface area contributed by atoms with Gasteiger partial charge in [-0.3, -0.25) is 4.68 Å². The molecule has 1 aromatic heterocycles. The van der Waals surface area contributed by atoms with Crippen molar-refractivity contribution in [2.24, 2.45) is 0 Å². The highest BCUT2D eigenvalue weighted by atomic mass is 35.5. The second-order valence-electron chi connectivity index (χ2n) is 5.70. The Morgan fingerprint density at radius 1 is 1.24 bits per heavy atom. The molecule has 0 radical (unpaired) electrons. The van der Waals surface area contributed by atoms with Crippen molar-refractivity contribution < 1.29 is 0 Å². The van der Waals surface area contributed by atoms with Gasteiger partial charge in [-0.05, 0) is 56.6 Å². The number of piperidine rings is 1. The Balaban J connectivity index is 1.79. The maximum atomic E-state index is 5.94. The number of hydrogen-bond donors (Lipinski definition) is 1. The molecule has 0 atom stereocenters. The van der Waals surface area contributed by atoms with Crippen molar-refractivity contribution in [3.05, 3.63) is 52.3 Å². The summed E-state index contributed by atoms with van der Waals surface area (Å²) < 4.78 is 2.18. The van der Waals surface area contributed by atoms with Crippen LogP contribution in [0.3, 0.4) is 0 Å². The first kappa shape index (κ1) is 14.6. The molecular formula is C17H22ClN3. The molecular weight excluding hydrogens is 282 g/mol. The van der Waals surface area contributed by atoms with Gasteiger partial charge >= 0.3 is 0 Å². The van der Waals surface area contributed by atoms with Crippen LogP contribution in [0.2, 0.25) is 5.02 Å². The fourth-order valence-electron chi connectivity index (χ4n) is 3.08. The highest BCUT2D eigenvalue weighted by Gasteiger charge is 2.20. The minimum Gasteiger partial charge on any atom is -0.317 e. The molecule has 1 saturated heterocycles. The Bertz CT molecular complexity index is 583. The summed E-state index contributed by atoms with van der Waals surface area (Å²) in [6.45, 7) is 5.35. The minimum absolute atomic E-state index is 0.651. The molecule has 4 heteroatoms. The van der Waals surface area contributed by atoms with Crippen LogP contribution in [0.25, 0.3) is 0 Å². The van der Waals surface area contributed by atoms with Crippen molar-refractivity contribution in [2.45, 2.75) is 38.6 Å². The summed E-state index contributed by atoms with van der Waals surface area (Å²) in [5, 5.41) is 9.00. The maximum absolute atomic E-state index is 5.94. The normalized spacial score (nSPS) is 16.3. The largest absolute Gasteiger partial charge is 0.317 e. The molecule has 2 heterocycles. The van der Waals surface area contributed by atoms with Gasteiger partial charge in [0.15, 0.2) is 0 Å². The minimum atomic E-state index is 0.651. The topological polar surface area (TPSA) is 29.9 Å². The number of rotatable bonds is 4. The standard InChI is InChI=1S/C17H22ClN3/c1-2-21-17(14-7-9-19-10-8-14)12-16(20-21)11-13-3-5-15(18)6-4-13/h3-6,12,14,19H,2,7-11H2,1H3. The molecule has 0 saturated carbocycles. The van der Waals surface area contributed by atoms with Gasteiger partial charge in [-0.25, -0.2) is 0 Å². The molecule has 1 fully saturated rings. The third-order valence-corrected chi connectivity index (χ3v) is 4.47. The molecule has 0 aliphatic carbocycles. The molecule has 0 spiro atoms. The number of nitrogens with zero attached hydrogens (tertiary/aromatic N) is 2. The SMILES string of the molecule is CCn1nc(Cc2ccc(Cl)cc2)cc1C1CCNCC1. The first-order chi connectivity index (χ1) is 10.3. The van der Waals surface area contributed by atoms with Gasteiger partial charge in [0.25, 0.3) is 0 Å². The van der Waals surface area contributed by atoms with E-state index in [9.17, 15) is 0 Å². The molecule has 0 bridgehead atoms. The second-order valence-corrected chi connectivity index (χ2v) is 6.14. The third-order valence-electron chi connectivity index (χ3n) is 4.22. The zero-order chi connectivity index (χ0) is 14.7. The van der Waals surface area contributed by atoms with Crippen LogP contribution in [0.15, 0.2) is 30.3 Å². The fourth-order valence-corrected chi connectivity index (χ4v) is 3.21. The van der Waals surface area contributed by atoms with Crippen LogP contribution in [0.4, 0.5) is 0 Å². The number of hydrogen-bond acceptors (Lipinski definition) is 2. The van der Waals surface area contributed by atoms with E-state index in [1.54, 1.807) is 0 Å². The van der Waals surface area contributed by atoms with Gasteiger partial charge in [-0.15, -0.1) is 0 Å². The van der Waals surface area contributed by atoms with Crippen molar-refractivity contribution in [3.63, 3.8) is 0 Å². The zero-order valence-electron chi connectivity index (χ0n) is 12.5. The monoisotopic (exact) mass is 303 g/mol. The lowest BCUT2D eigenvalue weighted by Gasteiger charge is -2.23. The highest BCUT2D eigenvalue weighted by molar-refractivity contribution is 6.30. The van der Waals surface area contributed by atoms with E-state index < -0.39 is 0 Å². The van der Waals surface area contributed by atoms with Crippen LogP contribution >= 0.6 is 11.6 Å². The molecule has 1 aliphatic rings. The van der Waals surface area contributed by atoms with E-state index in [2.05, 4.69) is 35.1 Å². The Morgan fingerprint density at radius 3 is 2.62 bits per heavy atom. The predicted molar refractivity (Wildman–Crippen MR) is 87.0 cm³/mol. The van der Waals surface area contributed by atoms with E-state index in [-0.39, 0.29) is 0 Å². The fraction of sp³-hybridized carbons (Fsp3) is 0.471. The van der Waals surface area contributed by atoms with Crippen LogP contribution in [0.5, 0.6) is 0 Å². The Morgan fingerprint density at radius 2 is 1.95 bits per heavy atom. The molecule has 1 N–H and O–H groups in total. The molecule has 2 aromatic rings. The summed E-state index contributed by atoms with van der Waals surface area (Å²) in [5.74, 6) is 0.651. The summed E-state index contributed by atoms with van der Waals surface area (Å²) >= 11 is 5.94. The van der Waals surface area contributed by atoms with Crippen molar-refractivity contribution in [3.8, 4) is 0 Å². The third kappa shape index (κ3) is 3.47. The lowest BCUT2D eigenvalue weighted by molar-refractivity contribution is 0.432. The Labute approximate surface area is 131 Å². The predicted octanol–water partition coefficient (Wildman–Crippen LogP) is 3.61. The first-order valence-corrected chi connectivity index (χ1v) is 8.16. The zero-order valence-corrected chi connectivity index (χ0v) is 13.2. The van der Waals surface area contributed by atoms with Gasteiger partial charge in [0.2, 0.25) is 0 Å². The van der Waals surface area contributed by atoms with Gasteiger partial charge < -0.3 is 5.32 Å². The van der Waals surface area contributed by atoms with E-state index in [0.29, 0.717) is 5.92 Å². The highest BCUT2D eigenvalue weighted by Crippen LogP contribution is 2.26. The molecule has 112 valence electrons. The smallest absolute Gasteiger partial charge is 0.0671 e.